The standard InChI is InChI=1S/C28H38N4O3/c1-4-20(3)25(29)28(35)32-16-14-22(15-17-32)26(33)31-24(18-21-8-6-5-7-9-21)27(34)30-23-12-10-19(2)11-13-23/h5-13,20,22,24-25H,4,14-18,29H2,1-3H3,(H,30,34)(H,31,33)/t20-,24+,25+/m1/s1. The molecule has 0 unspecified atom stereocenters. The number of rotatable bonds is 9. The summed E-state index contributed by atoms with van der Waals surface area (Å²) in [5.74, 6) is -0.572. The van der Waals surface area contributed by atoms with Crippen molar-refractivity contribution in [3.63, 3.8) is 0 Å². The van der Waals surface area contributed by atoms with Gasteiger partial charge in [-0.2, -0.15) is 0 Å². The van der Waals surface area contributed by atoms with Crippen LogP contribution in [0.4, 0.5) is 5.69 Å². The molecule has 1 heterocycles. The highest BCUT2D eigenvalue weighted by Crippen LogP contribution is 2.20. The normalized spacial score (nSPS) is 16.7. The molecule has 1 aliphatic rings. The van der Waals surface area contributed by atoms with E-state index in [2.05, 4.69) is 10.6 Å². The minimum atomic E-state index is -0.704. The molecule has 3 amide bonds. The smallest absolute Gasteiger partial charge is 0.247 e. The van der Waals surface area contributed by atoms with Crippen LogP contribution in [0.1, 0.15) is 44.2 Å². The molecule has 0 bridgehead atoms. The summed E-state index contributed by atoms with van der Waals surface area (Å²) in [5.41, 5.74) is 8.89. The molecule has 4 N–H and O–H groups in total. The van der Waals surface area contributed by atoms with Crippen LogP contribution >= 0.6 is 0 Å². The Morgan fingerprint density at radius 2 is 1.66 bits per heavy atom. The van der Waals surface area contributed by atoms with Gasteiger partial charge in [-0.25, -0.2) is 0 Å². The van der Waals surface area contributed by atoms with Crippen molar-refractivity contribution in [2.75, 3.05) is 18.4 Å². The first-order chi connectivity index (χ1) is 16.8. The van der Waals surface area contributed by atoms with E-state index >= 15 is 0 Å². The van der Waals surface area contributed by atoms with Gasteiger partial charge in [0.1, 0.15) is 6.04 Å². The van der Waals surface area contributed by atoms with E-state index in [1.165, 1.54) is 0 Å². The largest absolute Gasteiger partial charge is 0.344 e. The fourth-order valence-electron chi connectivity index (χ4n) is 4.29. The van der Waals surface area contributed by atoms with E-state index < -0.39 is 12.1 Å². The molecule has 1 saturated heterocycles. The molecule has 1 fully saturated rings. The van der Waals surface area contributed by atoms with Crippen molar-refractivity contribution in [1.29, 1.82) is 0 Å². The van der Waals surface area contributed by atoms with E-state index in [0.29, 0.717) is 38.0 Å². The number of nitrogens with zero attached hydrogens (tertiary/aromatic N) is 1. The summed E-state index contributed by atoms with van der Waals surface area (Å²) in [4.78, 5) is 40.7. The van der Waals surface area contributed by atoms with Gasteiger partial charge in [-0.15, -0.1) is 0 Å². The lowest BCUT2D eigenvalue weighted by molar-refractivity contribution is -0.138. The van der Waals surface area contributed by atoms with Gasteiger partial charge in [0.25, 0.3) is 0 Å². The van der Waals surface area contributed by atoms with Crippen LogP contribution in [-0.2, 0) is 20.8 Å². The summed E-state index contributed by atoms with van der Waals surface area (Å²) >= 11 is 0. The van der Waals surface area contributed by atoms with Crippen molar-refractivity contribution in [2.45, 2.75) is 58.5 Å². The zero-order chi connectivity index (χ0) is 25.4. The number of benzene rings is 2. The molecule has 188 valence electrons. The third-order valence-corrected chi connectivity index (χ3v) is 6.95. The number of nitrogens with two attached hydrogens (primary N) is 1. The number of nitrogens with one attached hydrogen (secondary N) is 2. The monoisotopic (exact) mass is 478 g/mol. The van der Waals surface area contributed by atoms with E-state index in [0.717, 1.165) is 17.5 Å². The minimum absolute atomic E-state index is 0.0439. The second kappa shape index (κ2) is 12.5. The van der Waals surface area contributed by atoms with Crippen LogP contribution in [0.3, 0.4) is 0 Å². The predicted octanol–water partition coefficient (Wildman–Crippen LogP) is 3.27. The molecule has 0 aromatic heterocycles. The quantitative estimate of drug-likeness (QED) is 0.514. The first-order valence-corrected chi connectivity index (χ1v) is 12.5. The zero-order valence-electron chi connectivity index (χ0n) is 21.0. The van der Waals surface area contributed by atoms with Gasteiger partial charge in [0.05, 0.1) is 6.04 Å². The highest BCUT2D eigenvalue weighted by Gasteiger charge is 2.32. The number of likely N-dealkylation sites (tertiary alicyclic amines) is 1. The molecule has 3 atom stereocenters. The average molecular weight is 479 g/mol. The van der Waals surface area contributed by atoms with Gasteiger partial charge in [0.2, 0.25) is 17.7 Å². The highest BCUT2D eigenvalue weighted by atomic mass is 16.2. The second-order valence-corrected chi connectivity index (χ2v) is 9.62. The van der Waals surface area contributed by atoms with Gasteiger partial charge in [-0.05, 0) is 43.4 Å². The lowest BCUT2D eigenvalue weighted by atomic mass is 9.93. The molecule has 2 aromatic carbocycles. The summed E-state index contributed by atoms with van der Waals surface area (Å²) in [5, 5.41) is 5.91. The topological polar surface area (TPSA) is 105 Å². The molecule has 0 aliphatic carbocycles. The molecular weight excluding hydrogens is 440 g/mol. The number of aryl methyl sites for hydroxylation is 1. The Morgan fingerprint density at radius 1 is 1.03 bits per heavy atom. The third-order valence-electron chi connectivity index (χ3n) is 6.95. The lowest BCUT2D eigenvalue weighted by Crippen LogP contribution is -2.52. The summed E-state index contributed by atoms with van der Waals surface area (Å²) in [7, 11) is 0. The van der Waals surface area contributed by atoms with Crippen LogP contribution in [0.25, 0.3) is 0 Å². The number of anilines is 1. The van der Waals surface area contributed by atoms with Crippen molar-refractivity contribution in [2.24, 2.45) is 17.6 Å². The maximum absolute atomic E-state index is 13.1. The molecule has 35 heavy (non-hydrogen) atoms. The Kier molecular flexibility index (Phi) is 9.43. The van der Waals surface area contributed by atoms with Gasteiger partial charge < -0.3 is 21.3 Å². The molecule has 2 aromatic rings. The Hall–Kier alpha value is -3.19. The molecule has 3 rings (SSSR count). The number of amides is 3. The second-order valence-electron chi connectivity index (χ2n) is 9.62. The predicted molar refractivity (Wildman–Crippen MR) is 139 cm³/mol. The summed E-state index contributed by atoms with van der Waals surface area (Å²) in [6.07, 6.45) is 2.36. The van der Waals surface area contributed by atoms with Crippen LogP contribution in [0.2, 0.25) is 0 Å². The van der Waals surface area contributed by atoms with E-state index in [1.807, 2.05) is 75.4 Å². The molecular formula is C28H38N4O3. The van der Waals surface area contributed by atoms with Crippen molar-refractivity contribution >= 4 is 23.4 Å². The van der Waals surface area contributed by atoms with Crippen LogP contribution < -0.4 is 16.4 Å². The molecule has 1 aliphatic heterocycles. The van der Waals surface area contributed by atoms with E-state index in [4.69, 9.17) is 5.73 Å². The Morgan fingerprint density at radius 3 is 2.26 bits per heavy atom. The maximum atomic E-state index is 13.1. The van der Waals surface area contributed by atoms with Crippen molar-refractivity contribution in [3.8, 4) is 0 Å². The molecule has 0 saturated carbocycles. The molecule has 0 radical (unpaired) electrons. The fourth-order valence-corrected chi connectivity index (χ4v) is 4.29. The number of carbonyl (C=O) groups excluding carboxylic acids is 3. The number of piperidine rings is 1. The first kappa shape index (κ1) is 26.4. The molecule has 0 spiro atoms. The van der Waals surface area contributed by atoms with Gasteiger partial charge in [0, 0.05) is 31.1 Å². The fraction of sp³-hybridized carbons (Fsp3) is 0.464. The lowest BCUT2D eigenvalue weighted by Gasteiger charge is -2.34. The van der Waals surface area contributed by atoms with Crippen molar-refractivity contribution in [3.05, 3.63) is 65.7 Å². The number of hydrogen-bond acceptors (Lipinski definition) is 4. The Balaban J connectivity index is 1.62. The summed E-state index contributed by atoms with van der Waals surface area (Å²) in [6.45, 7) is 6.99. The molecule has 7 nitrogen and oxygen atoms in total. The average Bonchev–Trinajstić information content (AvgIpc) is 2.88. The zero-order valence-corrected chi connectivity index (χ0v) is 21.0. The number of hydrogen-bond donors (Lipinski definition) is 3. The van der Waals surface area contributed by atoms with Gasteiger partial charge in [-0.3, -0.25) is 14.4 Å². The summed E-state index contributed by atoms with van der Waals surface area (Å²) < 4.78 is 0. The van der Waals surface area contributed by atoms with E-state index in [9.17, 15) is 14.4 Å². The van der Waals surface area contributed by atoms with Crippen LogP contribution in [0, 0.1) is 18.8 Å². The number of carbonyl (C=O) groups is 3. The van der Waals surface area contributed by atoms with Gasteiger partial charge in [0.15, 0.2) is 0 Å². The van der Waals surface area contributed by atoms with E-state index in [1.54, 1.807) is 4.90 Å². The van der Waals surface area contributed by atoms with E-state index in [-0.39, 0.29) is 29.6 Å². The molecule has 7 heteroatoms. The SMILES string of the molecule is CC[C@@H](C)[C@H](N)C(=O)N1CCC(C(=O)N[C@@H](Cc2ccccc2)C(=O)Nc2ccc(C)cc2)CC1. The van der Waals surface area contributed by atoms with Crippen LogP contribution in [-0.4, -0.2) is 47.8 Å². The van der Waals surface area contributed by atoms with Crippen LogP contribution in [0.5, 0.6) is 0 Å². The minimum Gasteiger partial charge on any atom is -0.344 e. The van der Waals surface area contributed by atoms with Crippen molar-refractivity contribution < 1.29 is 14.4 Å². The first-order valence-electron chi connectivity index (χ1n) is 12.5. The van der Waals surface area contributed by atoms with Gasteiger partial charge in [-0.1, -0.05) is 68.3 Å². The van der Waals surface area contributed by atoms with Gasteiger partial charge >= 0.3 is 0 Å². The maximum Gasteiger partial charge on any atom is 0.247 e. The Bertz CT molecular complexity index is 985. The van der Waals surface area contributed by atoms with Crippen molar-refractivity contribution in [1.82, 2.24) is 10.2 Å². The highest BCUT2D eigenvalue weighted by molar-refractivity contribution is 5.97. The van der Waals surface area contributed by atoms with Crippen LogP contribution in [0.15, 0.2) is 54.6 Å². The Labute approximate surface area is 208 Å². The third kappa shape index (κ3) is 7.39. The summed E-state index contributed by atoms with van der Waals surface area (Å²) in [6, 6.07) is 16.0.